The van der Waals surface area contributed by atoms with Crippen molar-refractivity contribution in [3.8, 4) is 0 Å². The second-order valence-electron chi connectivity index (χ2n) is 9.55. The molecule has 1 N–H and O–H groups in total. The second kappa shape index (κ2) is 10.9. The Hall–Kier alpha value is -3.12. The molecule has 0 spiro atoms. The lowest BCUT2D eigenvalue weighted by Crippen LogP contribution is -2.26. The number of esters is 1. The van der Waals surface area contributed by atoms with E-state index in [0.29, 0.717) is 0 Å². The van der Waals surface area contributed by atoms with Crippen LogP contribution in [0.4, 0.5) is 8.78 Å². The number of halogens is 2. The summed E-state index contributed by atoms with van der Waals surface area (Å²) in [5, 5.41) is 10.4. The van der Waals surface area contributed by atoms with E-state index in [4.69, 9.17) is 4.74 Å². The first-order valence-corrected chi connectivity index (χ1v) is 11.4. The molecule has 0 saturated heterocycles. The second-order valence-corrected chi connectivity index (χ2v) is 9.55. The van der Waals surface area contributed by atoms with Crippen molar-refractivity contribution in [3.05, 3.63) is 89.0 Å². The van der Waals surface area contributed by atoms with Gasteiger partial charge in [0.1, 0.15) is 29.4 Å². The summed E-state index contributed by atoms with van der Waals surface area (Å²) in [6.07, 6.45) is 3.54. The van der Waals surface area contributed by atoms with Crippen LogP contribution in [-0.4, -0.2) is 28.6 Å². The molecule has 180 valence electrons. The summed E-state index contributed by atoms with van der Waals surface area (Å²) in [5.41, 5.74) is 2.62. The smallest absolute Gasteiger partial charge is 0.313 e. The van der Waals surface area contributed by atoms with Crippen LogP contribution >= 0.6 is 0 Å². The molecule has 0 heterocycles. The topological polar surface area (TPSA) is 63.6 Å². The standard InChI is InChI=1S/C28H30F2O4/c1-28(2,3)34-26(33)17-24(32)16-23(31)14-15-25(18-4-5-18)27(19-6-10-21(29)11-7-19)20-8-12-22(30)13-9-20/h6-15,18,23,31H,4-5,16-17H2,1-3H3. The van der Waals surface area contributed by atoms with E-state index in [1.807, 2.05) is 0 Å². The van der Waals surface area contributed by atoms with E-state index in [9.17, 15) is 23.5 Å². The maximum Gasteiger partial charge on any atom is 0.313 e. The van der Waals surface area contributed by atoms with Crippen LogP contribution in [-0.2, 0) is 14.3 Å². The molecule has 1 unspecified atom stereocenters. The maximum atomic E-state index is 13.6. The number of hydrogen-bond donors (Lipinski definition) is 1. The summed E-state index contributed by atoms with van der Waals surface area (Å²) < 4.78 is 32.3. The molecule has 1 saturated carbocycles. The molecule has 0 radical (unpaired) electrons. The first kappa shape index (κ1) is 25.5. The molecule has 0 aliphatic heterocycles. The predicted molar refractivity (Wildman–Crippen MR) is 127 cm³/mol. The van der Waals surface area contributed by atoms with Crippen LogP contribution in [0, 0.1) is 17.6 Å². The van der Waals surface area contributed by atoms with Crippen molar-refractivity contribution in [2.24, 2.45) is 5.92 Å². The van der Waals surface area contributed by atoms with E-state index in [2.05, 4.69) is 0 Å². The summed E-state index contributed by atoms with van der Waals surface area (Å²) in [7, 11) is 0. The highest BCUT2D eigenvalue weighted by molar-refractivity contribution is 5.96. The van der Waals surface area contributed by atoms with Gasteiger partial charge in [-0.05, 0) is 86.1 Å². The largest absolute Gasteiger partial charge is 0.460 e. The Morgan fingerprint density at radius 1 is 1.00 bits per heavy atom. The third-order valence-electron chi connectivity index (χ3n) is 5.27. The zero-order valence-corrected chi connectivity index (χ0v) is 19.7. The maximum absolute atomic E-state index is 13.6. The van der Waals surface area contributed by atoms with E-state index < -0.39 is 29.9 Å². The normalized spacial score (nSPS) is 14.6. The zero-order chi connectivity index (χ0) is 24.9. The third kappa shape index (κ3) is 7.73. The molecule has 1 fully saturated rings. The van der Waals surface area contributed by atoms with Crippen LogP contribution in [0.25, 0.3) is 5.57 Å². The average Bonchev–Trinajstić information content (AvgIpc) is 3.56. The van der Waals surface area contributed by atoms with E-state index in [-0.39, 0.29) is 24.0 Å². The molecule has 2 aromatic carbocycles. The Kier molecular flexibility index (Phi) is 8.15. The first-order chi connectivity index (χ1) is 16.0. The summed E-state index contributed by atoms with van der Waals surface area (Å²) >= 11 is 0. The Balaban J connectivity index is 1.84. The molecule has 1 aliphatic rings. The average molecular weight is 469 g/mol. The lowest BCUT2D eigenvalue weighted by atomic mass is 9.90. The van der Waals surface area contributed by atoms with Gasteiger partial charge in [0, 0.05) is 6.42 Å². The van der Waals surface area contributed by atoms with E-state index in [1.54, 1.807) is 51.1 Å². The Bertz CT molecular complexity index is 1030. The van der Waals surface area contributed by atoms with Crippen molar-refractivity contribution in [2.75, 3.05) is 0 Å². The van der Waals surface area contributed by atoms with Crippen molar-refractivity contribution >= 4 is 17.3 Å². The minimum absolute atomic E-state index is 0.212. The van der Waals surface area contributed by atoms with Gasteiger partial charge in [-0.15, -0.1) is 0 Å². The lowest BCUT2D eigenvalue weighted by Gasteiger charge is -2.19. The van der Waals surface area contributed by atoms with Gasteiger partial charge < -0.3 is 9.84 Å². The lowest BCUT2D eigenvalue weighted by molar-refractivity contribution is -0.156. The fraction of sp³-hybridized carbons (Fsp3) is 0.357. The molecule has 1 aliphatic carbocycles. The molecular weight excluding hydrogens is 438 g/mol. The summed E-state index contributed by atoms with van der Waals surface area (Å²) in [4.78, 5) is 24.1. The highest BCUT2D eigenvalue weighted by Gasteiger charge is 2.28. The monoisotopic (exact) mass is 468 g/mol. The van der Waals surface area contributed by atoms with Crippen molar-refractivity contribution in [3.63, 3.8) is 0 Å². The first-order valence-electron chi connectivity index (χ1n) is 11.4. The van der Waals surface area contributed by atoms with Gasteiger partial charge in [0.15, 0.2) is 0 Å². The molecule has 0 bridgehead atoms. The van der Waals surface area contributed by atoms with Crippen LogP contribution in [0.2, 0.25) is 0 Å². The number of Topliss-reactive ketones (excluding diaryl/α,β-unsaturated/α-hetero) is 1. The number of ether oxygens (including phenoxy) is 1. The molecule has 4 nitrogen and oxygen atoms in total. The molecule has 3 rings (SSSR count). The van der Waals surface area contributed by atoms with Gasteiger partial charge in [-0.2, -0.15) is 0 Å². The van der Waals surface area contributed by atoms with Crippen LogP contribution in [0.15, 0.2) is 66.3 Å². The molecule has 0 amide bonds. The van der Waals surface area contributed by atoms with Gasteiger partial charge >= 0.3 is 5.97 Å². The minimum Gasteiger partial charge on any atom is -0.460 e. The van der Waals surface area contributed by atoms with Crippen LogP contribution in [0.1, 0.15) is 57.6 Å². The molecule has 0 aromatic heterocycles. The van der Waals surface area contributed by atoms with Crippen LogP contribution in [0.5, 0.6) is 0 Å². The van der Waals surface area contributed by atoms with Crippen molar-refractivity contribution in [1.82, 2.24) is 0 Å². The number of aliphatic hydroxyl groups is 1. The SMILES string of the molecule is CC(C)(C)OC(=O)CC(=O)CC(O)C=CC(=C(c1ccc(F)cc1)c1ccc(F)cc1)C1CC1. The number of allylic oxidation sites excluding steroid dienone is 2. The van der Waals surface area contributed by atoms with Gasteiger partial charge in [0.2, 0.25) is 0 Å². The fourth-order valence-electron chi connectivity index (χ4n) is 3.68. The Labute approximate surface area is 199 Å². The number of carbonyl (C=O) groups excluding carboxylic acids is 2. The van der Waals surface area contributed by atoms with E-state index in [1.165, 1.54) is 30.3 Å². The number of rotatable bonds is 9. The molecule has 1 atom stereocenters. The molecule has 2 aromatic rings. The summed E-state index contributed by atoms with van der Waals surface area (Å²) in [6.45, 7) is 5.16. The van der Waals surface area contributed by atoms with Gasteiger partial charge in [-0.3, -0.25) is 9.59 Å². The molecule has 6 heteroatoms. The van der Waals surface area contributed by atoms with E-state index in [0.717, 1.165) is 35.1 Å². The van der Waals surface area contributed by atoms with E-state index >= 15 is 0 Å². The Morgan fingerprint density at radius 3 is 1.94 bits per heavy atom. The molecular formula is C28H30F2O4. The minimum atomic E-state index is -1.08. The van der Waals surface area contributed by atoms with Crippen molar-refractivity contribution < 1.29 is 28.2 Å². The predicted octanol–water partition coefficient (Wildman–Crippen LogP) is 5.78. The van der Waals surface area contributed by atoms with Crippen LogP contribution in [0.3, 0.4) is 0 Å². The zero-order valence-electron chi connectivity index (χ0n) is 19.7. The number of ketones is 1. The summed E-state index contributed by atoms with van der Waals surface area (Å²) in [5.74, 6) is -1.51. The summed E-state index contributed by atoms with van der Waals surface area (Å²) in [6, 6.07) is 12.2. The quantitative estimate of drug-likeness (QED) is 0.288. The highest BCUT2D eigenvalue weighted by Crippen LogP contribution is 2.43. The van der Waals surface area contributed by atoms with Crippen molar-refractivity contribution in [2.45, 2.75) is 58.2 Å². The third-order valence-corrected chi connectivity index (χ3v) is 5.27. The van der Waals surface area contributed by atoms with Gasteiger partial charge in [-0.25, -0.2) is 8.78 Å². The number of aliphatic hydroxyl groups excluding tert-OH is 1. The van der Waals surface area contributed by atoms with Crippen LogP contribution < -0.4 is 0 Å². The van der Waals surface area contributed by atoms with Crippen molar-refractivity contribution in [1.29, 1.82) is 0 Å². The highest BCUT2D eigenvalue weighted by atomic mass is 19.1. The number of benzene rings is 2. The van der Waals surface area contributed by atoms with Gasteiger partial charge in [0.25, 0.3) is 0 Å². The number of hydrogen-bond acceptors (Lipinski definition) is 4. The van der Waals surface area contributed by atoms with Gasteiger partial charge in [-0.1, -0.05) is 36.4 Å². The number of carbonyl (C=O) groups is 2. The van der Waals surface area contributed by atoms with Gasteiger partial charge in [0.05, 0.1) is 6.10 Å². The Morgan fingerprint density at radius 2 is 1.50 bits per heavy atom. The fourth-order valence-corrected chi connectivity index (χ4v) is 3.68. The molecule has 34 heavy (non-hydrogen) atoms.